The predicted molar refractivity (Wildman–Crippen MR) is 67.9 cm³/mol. The lowest BCUT2D eigenvalue weighted by Crippen LogP contribution is -2.62. The van der Waals surface area contributed by atoms with Crippen LogP contribution in [0.25, 0.3) is 0 Å². The largest absolute Gasteiger partial charge is 0.480 e. The number of carbonyl (C=O) groups excluding carboxylic acids is 1. The summed E-state index contributed by atoms with van der Waals surface area (Å²) in [5.41, 5.74) is -3.09. The highest BCUT2D eigenvalue weighted by Crippen LogP contribution is 2.32. The van der Waals surface area contributed by atoms with Gasteiger partial charge in [0, 0.05) is 0 Å². The zero-order valence-corrected chi connectivity index (χ0v) is 11.4. The van der Waals surface area contributed by atoms with Crippen LogP contribution in [0.4, 0.5) is 18.0 Å². The van der Waals surface area contributed by atoms with E-state index in [9.17, 15) is 27.9 Å². The Balaban J connectivity index is 2.72. The Kier molecular flexibility index (Phi) is 5.37. The van der Waals surface area contributed by atoms with Crippen LogP contribution in [0, 0.1) is 0 Å². The third kappa shape index (κ3) is 4.35. The van der Waals surface area contributed by atoms with Gasteiger partial charge in [0.05, 0.1) is 0 Å². The molecule has 0 spiro atoms. The summed E-state index contributed by atoms with van der Waals surface area (Å²) in [4.78, 5) is 22.3. The number of carboxylic acids is 1. The van der Waals surface area contributed by atoms with Crippen LogP contribution in [0.15, 0.2) is 30.3 Å². The smallest absolute Gasteiger partial charge is 0.419 e. The SMILES string of the molecule is CC(O)(C(NC(=O)OCc1ccccc1)C(=O)O)C(F)(F)F. The van der Waals surface area contributed by atoms with Crippen LogP contribution in [-0.4, -0.2) is 40.1 Å². The van der Waals surface area contributed by atoms with Crippen LogP contribution in [0.3, 0.4) is 0 Å². The molecule has 1 aromatic rings. The minimum Gasteiger partial charge on any atom is -0.480 e. The zero-order chi connectivity index (χ0) is 17.0. The van der Waals surface area contributed by atoms with E-state index in [1.54, 1.807) is 30.3 Å². The van der Waals surface area contributed by atoms with Gasteiger partial charge in [-0.3, -0.25) is 0 Å². The van der Waals surface area contributed by atoms with Gasteiger partial charge in [0.15, 0.2) is 11.6 Å². The van der Waals surface area contributed by atoms with E-state index in [0.717, 1.165) is 0 Å². The first-order valence-corrected chi connectivity index (χ1v) is 6.05. The quantitative estimate of drug-likeness (QED) is 0.767. The molecular formula is C13H14F3NO5. The normalized spacial score (nSPS) is 15.5. The Hall–Kier alpha value is -2.29. The van der Waals surface area contributed by atoms with Crippen LogP contribution in [0.5, 0.6) is 0 Å². The Morgan fingerprint density at radius 1 is 1.27 bits per heavy atom. The van der Waals surface area contributed by atoms with Crippen molar-refractivity contribution >= 4 is 12.1 Å². The summed E-state index contributed by atoms with van der Waals surface area (Å²) in [6.07, 6.45) is -6.64. The number of hydrogen-bond acceptors (Lipinski definition) is 4. The molecule has 2 atom stereocenters. The molecular weight excluding hydrogens is 307 g/mol. The molecule has 3 N–H and O–H groups in total. The average molecular weight is 321 g/mol. The summed E-state index contributed by atoms with van der Waals surface area (Å²) in [5.74, 6) is -2.04. The monoisotopic (exact) mass is 321 g/mol. The molecule has 0 aliphatic rings. The maximum Gasteiger partial charge on any atom is 0.419 e. The van der Waals surface area contributed by atoms with Crippen LogP contribution in [0.2, 0.25) is 0 Å². The highest BCUT2D eigenvalue weighted by atomic mass is 19.4. The van der Waals surface area contributed by atoms with Gasteiger partial charge in [-0.2, -0.15) is 13.2 Å². The van der Waals surface area contributed by atoms with Crippen molar-refractivity contribution in [2.24, 2.45) is 0 Å². The molecule has 6 nitrogen and oxygen atoms in total. The number of aliphatic hydroxyl groups is 1. The number of carboxylic acid groups (broad SMARTS) is 1. The number of nitrogens with one attached hydrogen (secondary N) is 1. The fraction of sp³-hybridized carbons (Fsp3) is 0.385. The molecule has 1 amide bonds. The van der Waals surface area contributed by atoms with E-state index in [1.165, 1.54) is 5.32 Å². The summed E-state index contributed by atoms with van der Waals surface area (Å²) < 4.78 is 42.5. The van der Waals surface area contributed by atoms with Crippen molar-refractivity contribution in [3.05, 3.63) is 35.9 Å². The molecule has 0 aromatic heterocycles. The van der Waals surface area contributed by atoms with E-state index >= 15 is 0 Å². The third-order valence-corrected chi connectivity index (χ3v) is 2.86. The first-order valence-electron chi connectivity index (χ1n) is 6.05. The molecule has 0 bridgehead atoms. The van der Waals surface area contributed by atoms with Crippen molar-refractivity contribution in [2.45, 2.75) is 31.3 Å². The zero-order valence-electron chi connectivity index (χ0n) is 11.4. The number of alkyl halides is 3. The molecule has 1 rings (SSSR count). The van der Waals surface area contributed by atoms with Gasteiger partial charge in [0.1, 0.15) is 6.61 Å². The molecule has 9 heteroatoms. The fourth-order valence-corrected chi connectivity index (χ4v) is 1.49. The lowest BCUT2D eigenvalue weighted by molar-refractivity contribution is -0.262. The molecule has 0 saturated heterocycles. The molecule has 22 heavy (non-hydrogen) atoms. The standard InChI is InChI=1S/C13H14F3NO5/c1-12(21,13(14,15)16)9(10(18)19)17-11(20)22-7-8-5-3-2-4-6-8/h2-6,9,21H,7H2,1H3,(H,17,20)(H,18,19). The number of carbonyl (C=O) groups is 2. The van der Waals surface area contributed by atoms with E-state index in [0.29, 0.717) is 5.56 Å². The van der Waals surface area contributed by atoms with Gasteiger partial charge in [-0.1, -0.05) is 30.3 Å². The van der Waals surface area contributed by atoms with Crippen molar-refractivity contribution in [2.75, 3.05) is 0 Å². The maximum absolute atomic E-state index is 12.6. The van der Waals surface area contributed by atoms with Crippen molar-refractivity contribution in [1.29, 1.82) is 0 Å². The summed E-state index contributed by atoms with van der Waals surface area (Å²) in [7, 11) is 0. The van der Waals surface area contributed by atoms with Crippen LogP contribution >= 0.6 is 0 Å². The second-order valence-electron chi connectivity index (χ2n) is 4.62. The molecule has 0 aliphatic heterocycles. The Labute approximate surface area is 123 Å². The van der Waals surface area contributed by atoms with Gasteiger partial charge in [0.2, 0.25) is 0 Å². The molecule has 2 unspecified atom stereocenters. The molecule has 0 radical (unpaired) electrons. The van der Waals surface area contributed by atoms with E-state index < -0.39 is 29.9 Å². The molecule has 0 aliphatic carbocycles. The highest BCUT2D eigenvalue weighted by Gasteiger charge is 2.58. The van der Waals surface area contributed by atoms with Crippen LogP contribution in [-0.2, 0) is 16.1 Å². The summed E-state index contributed by atoms with van der Waals surface area (Å²) in [6.45, 7) is -0.00354. The average Bonchev–Trinajstić information content (AvgIpc) is 2.42. The lowest BCUT2D eigenvalue weighted by Gasteiger charge is -2.31. The number of rotatable bonds is 5. The third-order valence-electron chi connectivity index (χ3n) is 2.86. The van der Waals surface area contributed by atoms with Gasteiger partial charge in [-0.05, 0) is 12.5 Å². The van der Waals surface area contributed by atoms with Crippen molar-refractivity contribution in [3.8, 4) is 0 Å². The molecule has 1 aromatic carbocycles. The van der Waals surface area contributed by atoms with E-state index in [2.05, 4.69) is 4.74 Å². The minimum absolute atomic E-state index is 0.253. The first kappa shape index (κ1) is 17.8. The Morgan fingerprint density at radius 3 is 2.27 bits per heavy atom. The minimum atomic E-state index is -5.25. The Bertz CT molecular complexity index is 530. The van der Waals surface area contributed by atoms with E-state index in [-0.39, 0.29) is 13.5 Å². The molecule has 0 saturated carbocycles. The Morgan fingerprint density at radius 2 is 1.82 bits per heavy atom. The van der Waals surface area contributed by atoms with Gasteiger partial charge in [-0.15, -0.1) is 0 Å². The summed E-state index contributed by atoms with van der Waals surface area (Å²) in [6, 6.07) is 5.64. The number of aliphatic carboxylic acids is 1. The number of ether oxygens (including phenoxy) is 1. The number of halogens is 3. The summed E-state index contributed by atoms with van der Waals surface area (Å²) in [5, 5.41) is 19.6. The number of benzene rings is 1. The van der Waals surface area contributed by atoms with Crippen LogP contribution in [0.1, 0.15) is 12.5 Å². The number of hydrogen-bond donors (Lipinski definition) is 3. The van der Waals surface area contributed by atoms with Crippen molar-refractivity contribution in [1.82, 2.24) is 5.32 Å². The van der Waals surface area contributed by atoms with Gasteiger partial charge in [0.25, 0.3) is 0 Å². The maximum atomic E-state index is 12.6. The van der Waals surface area contributed by atoms with E-state index in [4.69, 9.17) is 5.11 Å². The summed E-state index contributed by atoms with van der Waals surface area (Å²) >= 11 is 0. The first-order chi connectivity index (χ1) is 10.1. The topological polar surface area (TPSA) is 95.9 Å². The second-order valence-corrected chi connectivity index (χ2v) is 4.62. The lowest BCUT2D eigenvalue weighted by atomic mass is 9.96. The predicted octanol–water partition coefficient (Wildman–Crippen LogP) is 1.68. The number of amides is 1. The molecule has 122 valence electrons. The van der Waals surface area contributed by atoms with Gasteiger partial charge in [-0.25, -0.2) is 9.59 Å². The molecule has 0 heterocycles. The van der Waals surface area contributed by atoms with Crippen molar-refractivity contribution in [3.63, 3.8) is 0 Å². The fourth-order valence-electron chi connectivity index (χ4n) is 1.49. The number of alkyl carbamates (subject to hydrolysis) is 1. The van der Waals surface area contributed by atoms with Gasteiger partial charge < -0.3 is 20.3 Å². The van der Waals surface area contributed by atoms with Gasteiger partial charge >= 0.3 is 18.2 Å². The second kappa shape index (κ2) is 6.65. The molecule has 0 fully saturated rings. The van der Waals surface area contributed by atoms with E-state index in [1.807, 2.05) is 0 Å². The highest BCUT2D eigenvalue weighted by molar-refractivity contribution is 5.81. The van der Waals surface area contributed by atoms with Crippen molar-refractivity contribution < 1.29 is 37.7 Å². The van der Waals surface area contributed by atoms with Crippen LogP contribution < -0.4 is 5.32 Å².